The van der Waals surface area contributed by atoms with Gasteiger partial charge in [-0.05, 0) is 13.1 Å². The molecule has 0 saturated carbocycles. The van der Waals surface area contributed by atoms with Gasteiger partial charge in [0.15, 0.2) is 0 Å². The van der Waals surface area contributed by atoms with E-state index in [0.29, 0.717) is 6.61 Å². The molecule has 8 nitrogen and oxygen atoms in total. The topological polar surface area (TPSA) is 113 Å². The van der Waals surface area contributed by atoms with Crippen LogP contribution in [0.1, 0.15) is 16.1 Å². The molecule has 0 aromatic carbocycles. The molecular weight excluding hydrogens is 332 g/mol. The number of carbonyl (C=O) groups is 2. The summed E-state index contributed by atoms with van der Waals surface area (Å²) in [4.78, 5) is 25.1. The van der Waals surface area contributed by atoms with Crippen LogP contribution in [0.2, 0.25) is 0 Å². The van der Waals surface area contributed by atoms with Gasteiger partial charge in [-0.3, -0.25) is 9.59 Å². The summed E-state index contributed by atoms with van der Waals surface area (Å²) in [6, 6.07) is 0.747. The summed E-state index contributed by atoms with van der Waals surface area (Å²) in [5.74, 6) is -1.39. The van der Waals surface area contributed by atoms with Crippen molar-refractivity contribution in [3.8, 4) is 0 Å². The highest BCUT2D eigenvalue weighted by molar-refractivity contribution is 7.89. The zero-order valence-electron chi connectivity index (χ0n) is 11.8. The van der Waals surface area contributed by atoms with Crippen molar-refractivity contribution in [2.45, 2.75) is 17.4 Å². The van der Waals surface area contributed by atoms with Gasteiger partial charge in [0.05, 0.1) is 35.4 Å². The second-order valence-corrected chi connectivity index (χ2v) is 7.48. The molecule has 0 spiro atoms. The van der Waals surface area contributed by atoms with Crippen LogP contribution in [0.5, 0.6) is 0 Å². The van der Waals surface area contributed by atoms with Crippen molar-refractivity contribution in [3.05, 3.63) is 16.3 Å². The number of sulfonamides is 1. The van der Waals surface area contributed by atoms with Gasteiger partial charge >= 0.3 is 5.97 Å². The van der Waals surface area contributed by atoms with Crippen LogP contribution in [0, 0.1) is 0 Å². The van der Waals surface area contributed by atoms with Crippen molar-refractivity contribution >= 4 is 33.2 Å². The molecule has 0 radical (unpaired) electrons. The lowest BCUT2D eigenvalue weighted by atomic mass is 10.1. The maximum atomic E-state index is 12.5. The first kappa shape index (κ1) is 16.9. The quantitative estimate of drug-likeness (QED) is 0.773. The summed E-state index contributed by atoms with van der Waals surface area (Å²) in [7, 11) is -2.31. The average Bonchev–Trinajstić information content (AvgIpc) is 2.97. The van der Waals surface area contributed by atoms with E-state index < -0.39 is 22.0 Å². The minimum atomic E-state index is -3.60. The molecule has 22 heavy (non-hydrogen) atoms. The third kappa shape index (κ3) is 3.64. The number of aliphatic carboxylic acids is 1. The fourth-order valence-electron chi connectivity index (χ4n) is 2.12. The molecule has 2 heterocycles. The summed E-state index contributed by atoms with van der Waals surface area (Å²) in [5.41, 5.74) is 0. The van der Waals surface area contributed by atoms with E-state index in [1.165, 1.54) is 23.4 Å². The number of carboxylic acids is 1. The number of hydrogen-bond donors (Lipinski definition) is 2. The molecule has 1 aromatic rings. The Morgan fingerprint density at radius 1 is 1.55 bits per heavy atom. The molecule has 122 valence electrons. The number of rotatable bonds is 5. The molecule has 1 saturated heterocycles. The lowest BCUT2D eigenvalue weighted by Crippen LogP contribution is -2.49. The normalized spacial score (nSPS) is 19.1. The Balaban J connectivity index is 2.21. The molecule has 1 aliphatic heterocycles. The van der Waals surface area contributed by atoms with Gasteiger partial charge in [0, 0.05) is 11.9 Å². The second kappa shape index (κ2) is 6.73. The van der Waals surface area contributed by atoms with E-state index in [4.69, 9.17) is 9.84 Å². The highest BCUT2D eigenvalue weighted by atomic mass is 32.2. The molecule has 0 bridgehead atoms. The van der Waals surface area contributed by atoms with Crippen LogP contribution < -0.4 is 4.72 Å². The van der Waals surface area contributed by atoms with Gasteiger partial charge in [0.25, 0.3) is 5.91 Å². The Bertz CT molecular complexity index is 669. The Kier molecular flexibility index (Phi) is 5.16. The zero-order valence-corrected chi connectivity index (χ0v) is 13.4. The maximum absolute atomic E-state index is 12.5. The number of thiophene rings is 1. The Hall–Kier alpha value is -1.49. The van der Waals surface area contributed by atoms with Crippen LogP contribution in [0.3, 0.4) is 0 Å². The van der Waals surface area contributed by atoms with Crippen molar-refractivity contribution in [2.24, 2.45) is 0 Å². The molecule has 2 N–H and O–H groups in total. The minimum absolute atomic E-state index is 0.0198. The number of carboxylic acid groups (broad SMARTS) is 1. The number of nitrogens with one attached hydrogen (secondary N) is 1. The lowest BCUT2D eigenvalue weighted by Gasteiger charge is -2.34. The Morgan fingerprint density at radius 3 is 2.91 bits per heavy atom. The summed E-state index contributed by atoms with van der Waals surface area (Å²) in [6.45, 7) is 0.767. The van der Waals surface area contributed by atoms with Crippen molar-refractivity contribution < 1.29 is 27.9 Å². The van der Waals surface area contributed by atoms with E-state index in [1.807, 2.05) is 0 Å². The van der Waals surface area contributed by atoms with Crippen LogP contribution in [0.15, 0.2) is 16.3 Å². The number of morpholine rings is 1. The fourth-order valence-corrected chi connectivity index (χ4v) is 4.08. The molecule has 1 atom stereocenters. The van der Waals surface area contributed by atoms with E-state index in [2.05, 4.69) is 4.72 Å². The van der Waals surface area contributed by atoms with E-state index in [0.717, 1.165) is 11.3 Å². The van der Waals surface area contributed by atoms with Crippen molar-refractivity contribution in [1.29, 1.82) is 0 Å². The van der Waals surface area contributed by atoms with Crippen molar-refractivity contribution in [2.75, 3.05) is 26.8 Å². The molecule has 2 rings (SSSR count). The van der Waals surface area contributed by atoms with Gasteiger partial charge < -0.3 is 14.7 Å². The number of ether oxygens (including phenoxy) is 1. The predicted molar refractivity (Wildman–Crippen MR) is 78.5 cm³/mol. The van der Waals surface area contributed by atoms with Crippen LogP contribution in [-0.2, 0) is 19.6 Å². The third-order valence-electron chi connectivity index (χ3n) is 3.26. The van der Waals surface area contributed by atoms with Gasteiger partial charge in [0.2, 0.25) is 10.0 Å². The summed E-state index contributed by atoms with van der Waals surface area (Å²) in [5, 5.41) is 10.3. The first-order chi connectivity index (χ1) is 10.3. The Morgan fingerprint density at radius 2 is 2.27 bits per heavy atom. The summed E-state index contributed by atoms with van der Waals surface area (Å²) in [6.07, 6.45) is -0.210. The van der Waals surface area contributed by atoms with Crippen LogP contribution in [0.25, 0.3) is 0 Å². The van der Waals surface area contributed by atoms with Gasteiger partial charge in [-0.1, -0.05) is 0 Å². The first-order valence-corrected chi connectivity index (χ1v) is 8.84. The number of amides is 1. The zero-order chi connectivity index (χ0) is 16.3. The minimum Gasteiger partial charge on any atom is -0.481 e. The maximum Gasteiger partial charge on any atom is 0.305 e. The van der Waals surface area contributed by atoms with E-state index in [-0.39, 0.29) is 35.3 Å². The van der Waals surface area contributed by atoms with Gasteiger partial charge in [-0.25, -0.2) is 13.1 Å². The van der Waals surface area contributed by atoms with Crippen LogP contribution >= 0.6 is 11.3 Å². The molecule has 1 fully saturated rings. The van der Waals surface area contributed by atoms with E-state index in [1.54, 1.807) is 0 Å². The average molecular weight is 348 g/mol. The smallest absolute Gasteiger partial charge is 0.305 e. The number of hydrogen-bond acceptors (Lipinski definition) is 6. The molecule has 0 aliphatic carbocycles. The third-order valence-corrected chi connectivity index (χ3v) is 5.73. The van der Waals surface area contributed by atoms with E-state index in [9.17, 15) is 18.0 Å². The standard InChI is InChI=1S/C12H16N2O6S2/c1-13-22(18,19)9-5-10(21-7-9)12(17)14-2-3-20-6-8(14)4-11(15)16/h5,7-8,13H,2-4,6H2,1H3,(H,15,16). The second-order valence-electron chi connectivity index (χ2n) is 4.68. The number of nitrogens with zero attached hydrogens (tertiary/aromatic N) is 1. The molecule has 1 aromatic heterocycles. The highest BCUT2D eigenvalue weighted by Crippen LogP contribution is 2.23. The highest BCUT2D eigenvalue weighted by Gasteiger charge is 2.31. The van der Waals surface area contributed by atoms with Crippen LogP contribution in [-0.4, -0.2) is 63.1 Å². The number of carbonyl (C=O) groups excluding carboxylic acids is 1. The first-order valence-electron chi connectivity index (χ1n) is 6.47. The molecular formula is C12H16N2O6S2. The molecule has 1 aliphatic rings. The molecule has 10 heteroatoms. The monoisotopic (exact) mass is 348 g/mol. The summed E-state index contributed by atoms with van der Waals surface area (Å²) >= 11 is 1.02. The summed E-state index contributed by atoms with van der Waals surface area (Å²) < 4.78 is 30.8. The Labute approximate surface area is 131 Å². The molecule has 1 amide bonds. The fraction of sp³-hybridized carbons (Fsp3) is 0.500. The van der Waals surface area contributed by atoms with Crippen LogP contribution in [0.4, 0.5) is 0 Å². The SMILES string of the molecule is CNS(=O)(=O)c1csc(C(=O)N2CCOCC2CC(=O)O)c1. The largest absolute Gasteiger partial charge is 0.481 e. The van der Waals surface area contributed by atoms with Gasteiger partial charge in [-0.2, -0.15) is 0 Å². The van der Waals surface area contributed by atoms with Crippen molar-refractivity contribution in [1.82, 2.24) is 9.62 Å². The van der Waals surface area contributed by atoms with Gasteiger partial charge in [-0.15, -0.1) is 11.3 Å². The van der Waals surface area contributed by atoms with E-state index >= 15 is 0 Å². The van der Waals surface area contributed by atoms with Crippen molar-refractivity contribution in [3.63, 3.8) is 0 Å². The lowest BCUT2D eigenvalue weighted by molar-refractivity contribution is -0.139. The predicted octanol–water partition coefficient (Wildman–Crippen LogP) is -0.0281. The van der Waals surface area contributed by atoms with Gasteiger partial charge in [0.1, 0.15) is 0 Å². The molecule has 1 unspecified atom stereocenters.